The lowest BCUT2D eigenvalue weighted by atomic mass is 9.64. The summed E-state index contributed by atoms with van der Waals surface area (Å²) < 4.78 is 0. The molecular formula is C22H26BN6OS. The third-order valence-electron chi connectivity index (χ3n) is 6.23. The Bertz CT molecular complexity index is 1110. The zero-order valence-corrected chi connectivity index (χ0v) is 18.8. The number of nitrogens with one attached hydrogen (secondary N) is 1. The summed E-state index contributed by atoms with van der Waals surface area (Å²) in [5.41, 5.74) is 4.23. The van der Waals surface area contributed by atoms with E-state index in [9.17, 15) is 4.79 Å². The molecule has 1 radical (unpaired) electrons. The van der Waals surface area contributed by atoms with Crippen LogP contribution >= 0.6 is 11.3 Å². The molecule has 1 N–H and O–H groups in total. The van der Waals surface area contributed by atoms with Gasteiger partial charge in [-0.2, -0.15) is 0 Å². The van der Waals surface area contributed by atoms with Crippen molar-refractivity contribution in [2.75, 3.05) is 43.0 Å². The average Bonchev–Trinajstić information content (AvgIpc) is 3.24. The van der Waals surface area contributed by atoms with Gasteiger partial charge in [0.15, 0.2) is 10.8 Å². The fourth-order valence-corrected chi connectivity index (χ4v) is 5.24. The predicted molar refractivity (Wildman–Crippen MR) is 127 cm³/mol. The quantitative estimate of drug-likeness (QED) is 0.620. The molecular weight excluding hydrogens is 407 g/mol. The van der Waals surface area contributed by atoms with E-state index in [1.807, 2.05) is 7.28 Å². The molecule has 159 valence electrons. The van der Waals surface area contributed by atoms with Gasteiger partial charge in [-0.25, -0.2) is 15.0 Å². The summed E-state index contributed by atoms with van der Waals surface area (Å²) in [6.07, 6.45) is 4.65. The number of rotatable bonds is 5. The highest BCUT2D eigenvalue weighted by Gasteiger charge is 2.26. The van der Waals surface area contributed by atoms with Gasteiger partial charge in [-0.3, -0.25) is 0 Å². The maximum atomic E-state index is 12.8. The Hall–Kier alpha value is -2.52. The van der Waals surface area contributed by atoms with Crippen LogP contribution in [0.3, 0.4) is 0 Å². The zero-order chi connectivity index (χ0) is 21.4. The van der Waals surface area contributed by atoms with Crippen molar-refractivity contribution in [2.24, 2.45) is 5.92 Å². The van der Waals surface area contributed by atoms with Gasteiger partial charge in [-0.15, -0.1) is 0 Å². The highest BCUT2D eigenvalue weighted by molar-refractivity contribution is 7.21. The topological polar surface area (TPSA) is 74.2 Å². The van der Waals surface area contributed by atoms with Crippen molar-refractivity contribution in [3.63, 3.8) is 0 Å². The van der Waals surface area contributed by atoms with E-state index in [2.05, 4.69) is 57.3 Å². The molecule has 2 aromatic heterocycles. The number of hydrogen-bond acceptors (Lipinski definition) is 8. The van der Waals surface area contributed by atoms with Gasteiger partial charge in [0.05, 0.1) is 11.4 Å². The SMILES string of the molecule is Cc1ccc2c(c1)N(C)CCN2c1ncnc2sc(C(=O)[B]CC3CCNCC3)nc12. The van der Waals surface area contributed by atoms with Crippen molar-refractivity contribution in [1.82, 2.24) is 20.3 Å². The molecule has 1 fully saturated rings. The van der Waals surface area contributed by atoms with E-state index in [4.69, 9.17) is 4.98 Å². The number of aryl methyl sites for hydroxylation is 1. The van der Waals surface area contributed by atoms with Crippen LogP contribution in [0.2, 0.25) is 6.32 Å². The van der Waals surface area contributed by atoms with Crippen LogP contribution in [0.25, 0.3) is 10.3 Å². The summed E-state index contributed by atoms with van der Waals surface area (Å²) >= 11 is 1.36. The lowest BCUT2D eigenvalue weighted by Crippen LogP contribution is -2.37. The molecule has 0 amide bonds. The summed E-state index contributed by atoms with van der Waals surface area (Å²) in [5, 5.41) is 3.87. The zero-order valence-electron chi connectivity index (χ0n) is 18.0. The summed E-state index contributed by atoms with van der Waals surface area (Å²) in [7, 11) is 3.93. The van der Waals surface area contributed by atoms with Crippen LogP contribution < -0.4 is 15.1 Å². The Balaban J connectivity index is 1.43. The molecule has 1 saturated heterocycles. The van der Waals surface area contributed by atoms with Crippen molar-refractivity contribution >= 4 is 51.8 Å². The Morgan fingerprint density at radius 2 is 2.06 bits per heavy atom. The molecule has 1 aromatic carbocycles. The number of aromatic nitrogens is 3. The number of benzene rings is 1. The van der Waals surface area contributed by atoms with Crippen molar-refractivity contribution in [3.8, 4) is 0 Å². The molecule has 0 bridgehead atoms. The number of carbonyl (C=O) groups is 1. The van der Waals surface area contributed by atoms with E-state index in [-0.39, 0.29) is 5.68 Å². The minimum Gasteiger partial charge on any atom is -0.371 e. The van der Waals surface area contributed by atoms with Crippen LogP contribution in [-0.4, -0.2) is 61.1 Å². The number of thiazole rings is 1. The maximum absolute atomic E-state index is 12.8. The van der Waals surface area contributed by atoms with Crippen molar-refractivity contribution in [1.29, 1.82) is 0 Å². The van der Waals surface area contributed by atoms with Crippen molar-refractivity contribution in [2.45, 2.75) is 26.1 Å². The lowest BCUT2D eigenvalue weighted by molar-refractivity contribution is 0.107. The highest BCUT2D eigenvalue weighted by atomic mass is 32.1. The molecule has 5 rings (SSSR count). The van der Waals surface area contributed by atoms with Gasteiger partial charge in [-0.1, -0.05) is 23.7 Å². The Kier molecular flexibility index (Phi) is 5.62. The van der Waals surface area contributed by atoms with E-state index in [1.165, 1.54) is 22.6 Å². The van der Waals surface area contributed by atoms with Crippen LogP contribution in [0.4, 0.5) is 17.2 Å². The van der Waals surface area contributed by atoms with Gasteiger partial charge >= 0.3 is 0 Å². The number of piperidine rings is 1. The Labute approximate surface area is 187 Å². The second kappa shape index (κ2) is 8.55. The third kappa shape index (κ3) is 4.04. The first-order valence-electron chi connectivity index (χ1n) is 10.9. The summed E-state index contributed by atoms with van der Waals surface area (Å²) in [6, 6.07) is 6.46. The Morgan fingerprint density at radius 1 is 1.23 bits per heavy atom. The monoisotopic (exact) mass is 433 g/mol. The summed E-state index contributed by atoms with van der Waals surface area (Å²) in [4.78, 5) is 31.8. The van der Waals surface area contributed by atoms with E-state index >= 15 is 0 Å². The lowest BCUT2D eigenvalue weighted by Gasteiger charge is -2.36. The normalized spacial score (nSPS) is 17.1. The van der Waals surface area contributed by atoms with Gasteiger partial charge in [0.25, 0.3) is 0 Å². The molecule has 0 saturated carbocycles. The first-order chi connectivity index (χ1) is 15.1. The van der Waals surface area contributed by atoms with Gasteiger partial charge in [0.2, 0.25) is 7.28 Å². The fraction of sp³-hybridized carbons (Fsp3) is 0.455. The van der Waals surface area contributed by atoms with Crippen molar-refractivity contribution in [3.05, 3.63) is 35.1 Å². The molecule has 2 aliphatic heterocycles. The molecule has 7 nitrogen and oxygen atoms in total. The first-order valence-corrected chi connectivity index (χ1v) is 11.7. The molecule has 0 atom stereocenters. The minimum absolute atomic E-state index is 0.00175. The maximum Gasteiger partial charge on any atom is 0.212 e. The molecule has 0 unspecified atom stereocenters. The summed E-state index contributed by atoms with van der Waals surface area (Å²) in [5.74, 6) is 1.36. The van der Waals surface area contributed by atoms with Gasteiger partial charge in [-0.05, 0) is 56.5 Å². The second-order valence-electron chi connectivity index (χ2n) is 8.43. The van der Waals surface area contributed by atoms with Crippen molar-refractivity contribution < 1.29 is 4.79 Å². The van der Waals surface area contributed by atoms with E-state index in [0.717, 1.165) is 61.7 Å². The molecule has 4 heterocycles. The first kappa shape index (κ1) is 20.4. The smallest absolute Gasteiger partial charge is 0.212 e. The number of anilines is 3. The molecule has 0 aliphatic carbocycles. The average molecular weight is 433 g/mol. The van der Waals surface area contributed by atoms with Crippen LogP contribution in [0.1, 0.15) is 28.2 Å². The number of nitrogens with zero attached hydrogens (tertiary/aromatic N) is 5. The van der Waals surface area contributed by atoms with E-state index in [0.29, 0.717) is 16.4 Å². The largest absolute Gasteiger partial charge is 0.371 e. The van der Waals surface area contributed by atoms with Crippen LogP contribution in [0.15, 0.2) is 24.5 Å². The minimum atomic E-state index is 0.00175. The van der Waals surface area contributed by atoms with Gasteiger partial charge in [0, 0.05) is 20.1 Å². The molecule has 0 spiro atoms. The summed E-state index contributed by atoms with van der Waals surface area (Å²) in [6.45, 7) is 5.88. The third-order valence-corrected chi connectivity index (χ3v) is 7.21. The predicted octanol–water partition coefficient (Wildman–Crippen LogP) is 3.24. The van der Waals surface area contributed by atoms with Crippen LogP contribution in [0.5, 0.6) is 0 Å². The van der Waals surface area contributed by atoms with Gasteiger partial charge < -0.3 is 19.9 Å². The van der Waals surface area contributed by atoms with Crippen LogP contribution in [0, 0.1) is 12.8 Å². The number of fused-ring (bicyclic) bond motifs is 2. The fourth-order valence-electron chi connectivity index (χ4n) is 4.40. The van der Waals surface area contributed by atoms with Gasteiger partial charge in [0.1, 0.15) is 22.4 Å². The highest BCUT2D eigenvalue weighted by Crippen LogP contribution is 2.39. The molecule has 2 aliphatic rings. The molecule has 3 aromatic rings. The van der Waals surface area contributed by atoms with E-state index in [1.54, 1.807) is 6.33 Å². The molecule has 9 heteroatoms. The standard InChI is InChI=1S/C22H26BN6OS/c1-14-3-4-16-17(11-14)28(2)9-10-29(16)20-18-21(26-13-25-20)31-22(27-18)19(30)23-12-15-5-7-24-8-6-15/h3-4,11,13,15,24H,5-10,12H2,1-2H3. The number of hydrogen-bond donors (Lipinski definition) is 1. The Morgan fingerprint density at radius 3 is 2.90 bits per heavy atom. The number of likely N-dealkylation sites (N-methyl/N-ethyl adjacent to an activating group) is 1. The molecule has 31 heavy (non-hydrogen) atoms. The van der Waals surface area contributed by atoms with Crippen LogP contribution in [-0.2, 0) is 0 Å². The number of carbonyl (C=O) groups excluding carboxylic acids is 1. The second-order valence-corrected chi connectivity index (χ2v) is 9.41. The van der Waals surface area contributed by atoms with E-state index < -0.39 is 0 Å².